The largest absolute Gasteiger partial charge is 0.276 e. The Morgan fingerprint density at radius 3 is 1.67 bits per heavy atom. The Morgan fingerprint density at radius 1 is 0.778 bits per heavy atom. The van der Waals surface area contributed by atoms with Crippen molar-refractivity contribution in [2.24, 2.45) is 5.10 Å². The van der Waals surface area contributed by atoms with E-state index in [4.69, 9.17) is 0 Å². The third-order valence-corrected chi connectivity index (χ3v) is 5.07. The number of hydrogen-bond acceptors (Lipinski definition) is 3. The molecule has 0 spiro atoms. The lowest BCUT2D eigenvalue weighted by Gasteiger charge is -2.09. The van der Waals surface area contributed by atoms with Crippen molar-refractivity contribution in [2.45, 2.75) is 11.8 Å². The van der Waals surface area contributed by atoms with Crippen LogP contribution in [-0.4, -0.2) is 14.1 Å². The molecular weight excluding hydrogens is 370 g/mol. The highest BCUT2D eigenvalue weighted by molar-refractivity contribution is 7.89. The first kappa shape index (κ1) is 18.7. The molecule has 3 rings (SSSR count). The molecule has 0 aliphatic carbocycles. The highest BCUT2D eigenvalue weighted by atomic mass is 32.2. The van der Waals surface area contributed by atoms with Gasteiger partial charge in [-0.3, -0.25) is 0 Å². The zero-order valence-corrected chi connectivity index (χ0v) is 15.2. The number of aryl methyl sites for hydroxylation is 1. The van der Waals surface area contributed by atoms with Crippen LogP contribution in [0.4, 0.5) is 8.78 Å². The van der Waals surface area contributed by atoms with Crippen molar-refractivity contribution in [1.82, 2.24) is 4.83 Å². The van der Waals surface area contributed by atoms with Crippen LogP contribution in [0.25, 0.3) is 0 Å². The number of nitrogens with zero attached hydrogens (tertiary/aromatic N) is 1. The molecule has 3 aromatic carbocycles. The molecule has 7 heteroatoms. The van der Waals surface area contributed by atoms with Crippen LogP contribution in [0.1, 0.15) is 16.7 Å². The summed E-state index contributed by atoms with van der Waals surface area (Å²) in [6.07, 6.45) is 0. The molecule has 0 aliphatic heterocycles. The maximum atomic E-state index is 13.2. The summed E-state index contributed by atoms with van der Waals surface area (Å²) in [6.45, 7) is 1.85. The second-order valence-electron chi connectivity index (χ2n) is 5.88. The maximum absolute atomic E-state index is 13.2. The van der Waals surface area contributed by atoms with E-state index < -0.39 is 21.7 Å². The predicted octanol–water partition coefficient (Wildman–Crippen LogP) is 4.00. The molecule has 0 saturated heterocycles. The van der Waals surface area contributed by atoms with Crippen molar-refractivity contribution in [3.63, 3.8) is 0 Å². The lowest BCUT2D eigenvalue weighted by molar-refractivity contribution is 0.584. The van der Waals surface area contributed by atoms with Crippen molar-refractivity contribution in [1.29, 1.82) is 0 Å². The van der Waals surface area contributed by atoms with Gasteiger partial charge in [-0.05, 0) is 67.6 Å². The van der Waals surface area contributed by atoms with Crippen LogP contribution in [0.2, 0.25) is 0 Å². The smallest absolute Gasteiger partial charge is 0.207 e. The quantitative estimate of drug-likeness (QED) is 0.532. The first-order valence-corrected chi connectivity index (χ1v) is 9.51. The van der Waals surface area contributed by atoms with Gasteiger partial charge in [-0.15, -0.1) is 0 Å². The number of rotatable bonds is 5. The minimum atomic E-state index is -3.89. The van der Waals surface area contributed by atoms with E-state index in [0.29, 0.717) is 11.1 Å². The molecule has 0 radical (unpaired) electrons. The van der Waals surface area contributed by atoms with Crippen LogP contribution in [0.5, 0.6) is 0 Å². The molecule has 0 unspecified atom stereocenters. The Kier molecular flexibility index (Phi) is 5.32. The average Bonchev–Trinajstić information content (AvgIpc) is 2.65. The normalized spacial score (nSPS) is 11.1. The molecule has 0 heterocycles. The summed E-state index contributed by atoms with van der Waals surface area (Å²) >= 11 is 0. The van der Waals surface area contributed by atoms with Gasteiger partial charge < -0.3 is 0 Å². The van der Waals surface area contributed by atoms with Gasteiger partial charge in [-0.2, -0.15) is 18.4 Å². The zero-order valence-electron chi connectivity index (χ0n) is 14.4. The van der Waals surface area contributed by atoms with Crippen LogP contribution >= 0.6 is 0 Å². The van der Waals surface area contributed by atoms with E-state index in [1.165, 1.54) is 60.7 Å². The highest BCUT2D eigenvalue weighted by Crippen LogP contribution is 2.14. The minimum Gasteiger partial charge on any atom is -0.207 e. The monoisotopic (exact) mass is 386 g/mol. The SMILES string of the molecule is Cc1ccc(S(=O)(=O)NN=C(c2ccc(F)cc2)c2ccc(F)cc2)cc1. The molecule has 138 valence electrons. The first-order valence-electron chi connectivity index (χ1n) is 8.03. The third kappa shape index (κ3) is 4.57. The fourth-order valence-corrected chi connectivity index (χ4v) is 3.20. The van der Waals surface area contributed by atoms with Crippen molar-refractivity contribution >= 4 is 15.7 Å². The lowest BCUT2D eigenvalue weighted by Crippen LogP contribution is -2.21. The maximum Gasteiger partial charge on any atom is 0.276 e. The summed E-state index contributed by atoms with van der Waals surface area (Å²) < 4.78 is 51.4. The number of hydrazone groups is 1. The molecule has 0 bridgehead atoms. The Hall–Kier alpha value is -3.06. The molecule has 0 aliphatic rings. The van der Waals surface area contributed by atoms with Gasteiger partial charge in [-0.1, -0.05) is 17.7 Å². The average molecular weight is 386 g/mol. The van der Waals surface area contributed by atoms with E-state index in [1.807, 2.05) is 6.92 Å². The molecule has 27 heavy (non-hydrogen) atoms. The van der Waals surface area contributed by atoms with Gasteiger partial charge in [0.15, 0.2) is 0 Å². The van der Waals surface area contributed by atoms with Gasteiger partial charge in [0.1, 0.15) is 11.6 Å². The summed E-state index contributed by atoms with van der Waals surface area (Å²) in [7, 11) is -3.89. The van der Waals surface area contributed by atoms with Crippen molar-refractivity contribution in [3.8, 4) is 0 Å². The molecule has 4 nitrogen and oxygen atoms in total. The molecule has 1 N–H and O–H groups in total. The lowest BCUT2D eigenvalue weighted by atomic mass is 10.0. The van der Waals surface area contributed by atoms with E-state index in [2.05, 4.69) is 9.93 Å². The topological polar surface area (TPSA) is 58.5 Å². The van der Waals surface area contributed by atoms with E-state index in [9.17, 15) is 17.2 Å². The number of hydrogen-bond donors (Lipinski definition) is 1. The van der Waals surface area contributed by atoms with Gasteiger partial charge >= 0.3 is 0 Å². The number of halogens is 2. The summed E-state index contributed by atoms with van der Waals surface area (Å²) in [5.74, 6) is -0.866. The van der Waals surface area contributed by atoms with Gasteiger partial charge in [0.05, 0.1) is 10.6 Å². The second-order valence-corrected chi connectivity index (χ2v) is 7.54. The molecule has 0 fully saturated rings. The van der Waals surface area contributed by atoms with E-state index in [1.54, 1.807) is 12.1 Å². The van der Waals surface area contributed by atoms with Gasteiger partial charge in [0.25, 0.3) is 10.0 Å². The molecule has 0 atom stereocenters. The summed E-state index contributed by atoms with van der Waals surface area (Å²) in [5, 5.41) is 4.03. The van der Waals surface area contributed by atoms with Crippen LogP contribution in [0.3, 0.4) is 0 Å². The first-order chi connectivity index (χ1) is 12.8. The predicted molar refractivity (Wildman–Crippen MR) is 99.9 cm³/mol. The van der Waals surface area contributed by atoms with E-state index >= 15 is 0 Å². The molecule has 0 aromatic heterocycles. The molecular formula is C20H16F2N2O2S. The number of benzene rings is 3. The standard InChI is InChI=1S/C20H16F2N2O2S/c1-14-2-12-19(13-3-14)27(25,26)24-23-20(15-4-8-17(21)9-5-15)16-6-10-18(22)11-7-16/h2-13,24H,1H3. The summed E-state index contributed by atoms with van der Waals surface area (Å²) in [4.78, 5) is 2.26. The molecule has 0 amide bonds. The summed E-state index contributed by atoms with van der Waals surface area (Å²) in [5.41, 5.74) is 2.13. The van der Waals surface area contributed by atoms with Crippen molar-refractivity contribution in [3.05, 3.63) is 101 Å². The Bertz CT molecular complexity index is 1010. The Labute approximate surface area is 156 Å². The minimum absolute atomic E-state index is 0.0643. The molecule has 3 aromatic rings. The zero-order chi connectivity index (χ0) is 19.4. The van der Waals surface area contributed by atoms with Crippen molar-refractivity contribution in [2.75, 3.05) is 0 Å². The Balaban J connectivity index is 2.00. The van der Waals surface area contributed by atoms with E-state index in [-0.39, 0.29) is 10.6 Å². The van der Waals surface area contributed by atoms with Gasteiger partial charge in [0.2, 0.25) is 0 Å². The van der Waals surface area contributed by atoms with Gasteiger partial charge in [0, 0.05) is 11.1 Å². The van der Waals surface area contributed by atoms with Crippen LogP contribution < -0.4 is 4.83 Å². The second kappa shape index (κ2) is 7.67. The number of sulfonamides is 1. The molecule has 0 saturated carbocycles. The highest BCUT2D eigenvalue weighted by Gasteiger charge is 2.15. The fraction of sp³-hybridized carbons (Fsp3) is 0.0500. The number of nitrogens with one attached hydrogen (secondary N) is 1. The van der Waals surface area contributed by atoms with E-state index in [0.717, 1.165) is 5.56 Å². The van der Waals surface area contributed by atoms with Crippen LogP contribution in [-0.2, 0) is 10.0 Å². The van der Waals surface area contributed by atoms with Crippen LogP contribution in [0.15, 0.2) is 82.8 Å². The fourth-order valence-electron chi connectivity index (χ4n) is 2.39. The summed E-state index contributed by atoms with van der Waals surface area (Å²) in [6, 6.07) is 17.1. The van der Waals surface area contributed by atoms with Crippen molar-refractivity contribution < 1.29 is 17.2 Å². The van der Waals surface area contributed by atoms with Crippen LogP contribution in [0, 0.1) is 18.6 Å². The third-order valence-electron chi connectivity index (χ3n) is 3.84. The van der Waals surface area contributed by atoms with Gasteiger partial charge in [-0.25, -0.2) is 8.78 Å². The Morgan fingerprint density at radius 2 is 1.22 bits per heavy atom.